The van der Waals surface area contributed by atoms with Gasteiger partial charge in [-0.3, -0.25) is 9.59 Å². The highest BCUT2D eigenvalue weighted by Crippen LogP contribution is 2.36. The number of furan rings is 1. The third-order valence-electron chi connectivity index (χ3n) is 4.23. The average Bonchev–Trinajstić information content (AvgIpc) is 3.04. The topological polar surface area (TPSA) is 77.8 Å². The van der Waals surface area contributed by atoms with Crippen molar-refractivity contribution < 1.29 is 23.5 Å². The van der Waals surface area contributed by atoms with Crippen LogP contribution in [-0.4, -0.2) is 37.1 Å². The molecule has 0 fully saturated rings. The molecule has 1 heterocycles. The lowest BCUT2D eigenvalue weighted by Gasteiger charge is -2.14. The van der Waals surface area contributed by atoms with E-state index in [-0.39, 0.29) is 23.5 Å². The SMILES string of the molecule is COC(=O)CCS[C@@H](C)C(=O)Nc1cc2oc3ccccc3c2cc1OC. The Morgan fingerprint density at radius 3 is 2.67 bits per heavy atom. The Morgan fingerprint density at radius 1 is 1.15 bits per heavy atom. The number of rotatable bonds is 7. The first-order valence-electron chi connectivity index (χ1n) is 8.52. The van der Waals surface area contributed by atoms with Crippen LogP contribution in [0.25, 0.3) is 21.9 Å². The van der Waals surface area contributed by atoms with Gasteiger partial charge in [0.1, 0.15) is 16.9 Å². The Balaban J connectivity index is 1.78. The first-order chi connectivity index (χ1) is 13.0. The van der Waals surface area contributed by atoms with Crippen LogP contribution in [0.4, 0.5) is 5.69 Å². The number of ether oxygens (including phenoxy) is 2. The van der Waals surface area contributed by atoms with E-state index in [1.807, 2.05) is 30.3 Å². The largest absolute Gasteiger partial charge is 0.495 e. The summed E-state index contributed by atoms with van der Waals surface area (Å²) in [4.78, 5) is 23.7. The van der Waals surface area contributed by atoms with Crippen LogP contribution < -0.4 is 10.1 Å². The fourth-order valence-corrected chi connectivity index (χ4v) is 3.60. The lowest BCUT2D eigenvalue weighted by atomic mass is 10.1. The van der Waals surface area contributed by atoms with Crippen LogP contribution in [-0.2, 0) is 14.3 Å². The van der Waals surface area contributed by atoms with E-state index in [1.54, 1.807) is 20.1 Å². The van der Waals surface area contributed by atoms with Crippen LogP contribution in [0.5, 0.6) is 5.75 Å². The number of para-hydroxylation sites is 1. The number of thioether (sulfide) groups is 1. The highest BCUT2D eigenvalue weighted by atomic mass is 32.2. The van der Waals surface area contributed by atoms with Crippen LogP contribution in [0, 0.1) is 0 Å². The maximum Gasteiger partial charge on any atom is 0.306 e. The van der Waals surface area contributed by atoms with Crippen LogP contribution in [0.2, 0.25) is 0 Å². The van der Waals surface area contributed by atoms with Crippen molar-refractivity contribution in [1.82, 2.24) is 0 Å². The van der Waals surface area contributed by atoms with Gasteiger partial charge in [-0.2, -0.15) is 0 Å². The van der Waals surface area contributed by atoms with Crippen LogP contribution in [0.15, 0.2) is 40.8 Å². The molecule has 0 aliphatic heterocycles. The number of esters is 1. The molecule has 0 aliphatic rings. The fraction of sp³-hybridized carbons (Fsp3) is 0.300. The first kappa shape index (κ1) is 19.1. The molecular weight excluding hydrogens is 366 g/mol. The highest BCUT2D eigenvalue weighted by molar-refractivity contribution is 8.00. The van der Waals surface area contributed by atoms with Crippen molar-refractivity contribution in [2.75, 3.05) is 25.3 Å². The number of methoxy groups -OCH3 is 2. The molecule has 0 saturated heterocycles. The third-order valence-corrected chi connectivity index (χ3v) is 5.38. The summed E-state index contributed by atoms with van der Waals surface area (Å²) in [5.41, 5.74) is 2.01. The molecule has 0 aliphatic carbocycles. The summed E-state index contributed by atoms with van der Waals surface area (Å²) < 4.78 is 15.9. The monoisotopic (exact) mass is 387 g/mol. The molecule has 0 radical (unpaired) electrons. The van der Waals surface area contributed by atoms with E-state index in [2.05, 4.69) is 10.1 Å². The lowest BCUT2D eigenvalue weighted by molar-refractivity contribution is -0.140. The molecule has 0 saturated carbocycles. The Labute approximate surface area is 161 Å². The van der Waals surface area contributed by atoms with Gasteiger partial charge in [-0.05, 0) is 19.1 Å². The van der Waals surface area contributed by atoms with Crippen molar-refractivity contribution in [1.29, 1.82) is 0 Å². The zero-order valence-corrected chi connectivity index (χ0v) is 16.2. The molecule has 7 heteroatoms. The van der Waals surface area contributed by atoms with Crippen LogP contribution in [0.3, 0.4) is 0 Å². The molecule has 0 bridgehead atoms. The van der Waals surface area contributed by atoms with Crippen molar-refractivity contribution in [3.63, 3.8) is 0 Å². The van der Waals surface area contributed by atoms with Gasteiger partial charge in [0.15, 0.2) is 0 Å². The molecule has 0 spiro atoms. The van der Waals surface area contributed by atoms with Crippen molar-refractivity contribution in [3.05, 3.63) is 36.4 Å². The number of fused-ring (bicyclic) bond motifs is 3. The van der Waals surface area contributed by atoms with E-state index < -0.39 is 0 Å². The summed E-state index contributed by atoms with van der Waals surface area (Å²) in [6, 6.07) is 11.4. The number of carbonyl (C=O) groups is 2. The maximum absolute atomic E-state index is 12.5. The summed E-state index contributed by atoms with van der Waals surface area (Å²) in [6.45, 7) is 1.80. The molecule has 3 aromatic rings. The predicted octanol–water partition coefficient (Wildman–Crippen LogP) is 4.22. The van der Waals surface area contributed by atoms with Gasteiger partial charge in [0.05, 0.1) is 31.6 Å². The van der Waals surface area contributed by atoms with Gasteiger partial charge in [-0.25, -0.2) is 0 Å². The Hall–Kier alpha value is -2.67. The highest BCUT2D eigenvalue weighted by Gasteiger charge is 2.18. The molecule has 3 rings (SSSR count). The second-order valence-corrected chi connectivity index (χ2v) is 7.42. The minimum absolute atomic E-state index is 0.168. The summed E-state index contributed by atoms with van der Waals surface area (Å²) in [6.07, 6.45) is 0.271. The standard InChI is InChI=1S/C20H21NO5S/c1-12(27-9-8-19(22)25-3)20(23)21-15-11-17-14(10-18(15)24-2)13-6-4-5-7-16(13)26-17/h4-7,10-12H,8-9H2,1-3H3,(H,21,23)/t12-/m0/s1. The van der Waals surface area contributed by atoms with E-state index in [4.69, 9.17) is 9.15 Å². The molecule has 142 valence electrons. The zero-order chi connectivity index (χ0) is 19.4. The molecule has 1 aromatic heterocycles. The van der Waals surface area contributed by atoms with Gasteiger partial charge in [-0.15, -0.1) is 11.8 Å². The number of anilines is 1. The third kappa shape index (κ3) is 4.19. The Morgan fingerprint density at radius 2 is 1.93 bits per heavy atom. The second kappa shape index (κ2) is 8.35. The van der Waals surface area contributed by atoms with E-state index in [0.29, 0.717) is 22.8 Å². The van der Waals surface area contributed by atoms with Gasteiger partial charge in [-0.1, -0.05) is 18.2 Å². The molecule has 0 unspecified atom stereocenters. The molecule has 1 atom stereocenters. The molecule has 6 nitrogen and oxygen atoms in total. The number of benzene rings is 2. The number of nitrogens with one attached hydrogen (secondary N) is 1. The fourth-order valence-electron chi connectivity index (χ4n) is 2.75. The minimum atomic E-state index is -0.328. The van der Waals surface area contributed by atoms with Crippen molar-refractivity contribution in [3.8, 4) is 5.75 Å². The van der Waals surface area contributed by atoms with Gasteiger partial charge in [0.25, 0.3) is 0 Å². The quantitative estimate of drug-likeness (QED) is 0.612. The van der Waals surface area contributed by atoms with E-state index >= 15 is 0 Å². The summed E-state index contributed by atoms with van der Waals surface area (Å²) >= 11 is 1.39. The molecular formula is C20H21NO5S. The average molecular weight is 387 g/mol. The predicted molar refractivity (Wildman–Crippen MR) is 107 cm³/mol. The van der Waals surface area contributed by atoms with Crippen molar-refractivity contribution in [2.45, 2.75) is 18.6 Å². The lowest BCUT2D eigenvalue weighted by Crippen LogP contribution is -2.23. The summed E-state index contributed by atoms with van der Waals surface area (Å²) in [5.74, 6) is 0.626. The number of hydrogen-bond acceptors (Lipinski definition) is 6. The van der Waals surface area contributed by atoms with Crippen molar-refractivity contribution in [2.24, 2.45) is 0 Å². The molecule has 27 heavy (non-hydrogen) atoms. The minimum Gasteiger partial charge on any atom is -0.495 e. The zero-order valence-electron chi connectivity index (χ0n) is 15.4. The molecule has 1 amide bonds. The Kier molecular flexibility index (Phi) is 5.91. The Bertz CT molecular complexity index is 981. The number of amides is 1. The van der Waals surface area contributed by atoms with Crippen LogP contribution in [0.1, 0.15) is 13.3 Å². The van der Waals surface area contributed by atoms with Gasteiger partial charge in [0.2, 0.25) is 5.91 Å². The van der Waals surface area contributed by atoms with Gasteiger partial charge < -0.3 is 19.2 Å². The van der Waals surface area contributed by atoms with E-state index in [9.17, 15) is 9.59 Å². The summed E-state index contributed by atoms with van der Waals surface area (Å²) in [5, 5.41) is 4.49. The van der Waals surface area contributed by atoms with Gasteiger partial charge >= 0.3 is 5.97 Å². The number of carbonyl (C=O) groups excluding carboxylic acids is 2. The molecule has 2 aromatic carbocycles. The van der Waals surface area contributed by atoms with E-state index in [0.717, 1.165) is 16.4 Å². The first-order valence-corrected chi connectivity index (χ1v) is 9.57. The molecule has 1 N–H and O–H groups in total. The normalized spacial score (nSPS) is 12.1. The number of hydrogen-bond donors (Lipinski definition) is 1. The van der Waals surface area contributed by atoms with Gasteiger partial charge in [0, 0.05) is 22.6 Å². The van der Waals surface area contributed by atoms with Crippen molar-refractivity contribution >= 4 is 51.3 Å². The maximum atomic E-state index is 12.5. The van der Waals surface area contributed by atoms with Crippen LogP contribution >= 0.6 is 11.8 Å². The van der Waals surface area contributed by atoms with E-state index in [1.165, 1.54) is 18.9 Å². The second-order valence-electron chi connectivity index (χ2n) is 5.98. The smallest absolute Gasteiger partial charge is 0.306 e. The summed E-state index contributed by atoms with van der Waals surface area (Å²) in [7, 11) is 2.91.